The molecule has 1 fully saturated rings. The van der Waals surface area contributed by atoms with Gasteiger partial charge < -0.3 is 10.1 Å². The Hall–Kier alpha value is -1.09. The number of hydrogen-bond acceptors (Lipinski definition) is 3. The molecule has 118 valence electrons. The minimum absolute atomic E-state index is 0.189. The van der Waals surface area contributed by atoms with Gasteiger partial charge in [0.2, 0.25) is 0 Å². The summed E-state index contributed by atoms with van der Waals surface area (Å²) in [6.07, 6.45) is 9.36. The molecule has 2 rings (SSSR count). The summed E-state index contributed by atoms with van der Waals surface area (Å²) < 4.78 is 5.80. The van der Waals surface area contributed by atoms with Gasteiger partial charge >= 0.3 is 0 Å². The van der Waals surface area contributed by atoms with Gasteiger partial charge in [0, 0.05) is 12.2 Å². The summed E-state index contributed by atoms with van der Waals surface area (Å²) in [7, 11) is 0. The van der Waals surface area contributed by atoms with E-state index >= 15 is 0 Å². The SMILES string of the molecule is CCNC(c1cncc(OC(C)C)c1)C1CCCC(C)C1. The van der Waals surface area contributed by atoms with E-state index in [9.17, 15) is 0 Å². The Morgan fingerprint density at radius 2 is 2.14 bits per heavy atom. The largest absolute Gasteiger partial charge is 0.489 e. The van der Waals surface area contributed by atoms with Crippen LogP contribution in [0.1, 0.15) is 65.0 Å². The van der Waals surface area contributed by atoms with Crippen LogP contribution in [0.25, 0.3) is 0 Å². The van der Waals surface area contributed by atoms with Crippen LogP contribution in [0.4, 0.5) is 0 Å². The second kappa shape index (κ2) is 7.79. The van der Waals surface area contributed by atoms with Gasteiger partial charge in [-0.3, -0.25) is 4.98 Å². The summed E-state index contributed by atoms with van der Waals surface area (Å²) in [6, 6.07) is 2.57. The van der Waals surface area contributed by atoms with Crippen molar-refractivity contribution in [3.63, 3.8) is 0 Å². The van der Waals surface area contributed by atoms with Crippen molar-refractivity contribution in [2.24, 2.45) is 11.8 Å². The summed E-state index contributed by atoms with van der Waals surface area (Å²) in [6.45, 7) is 9.66. The topological polar surface area (TPSA) is 34.2 Å². The zero-order valence-electron chi connectivity index (χ0n) is 13.9. The van der Waals surface area contributed by atoms with E-state index in [1.807, 2.05) is 12.4 Å². The molecule has 1 aromatic rings. The molecule has 0 amide bonds. The molecule has 3 atom stereocenters. The number of ether oxygens (including phenoxy) is 1. The molecule has 1 aliphatic carbocycles. The first-order valence-electron chi connectivity index (χ1n) is 8.45. The lowest BCUT2D eigenvalue weighted by atomic mass is 9.77. The zero-order chi connectivity index (χ0) is 15.2. The Kier molecular flexibility index (Phi) is 6.04. The summed E-state index contributed by atoms with van der Waals surface area (Å²) >= 11 is 0. The Bertz CT molecular complexity index is 433. The maximum absolute atomic E-state index is 5.80. The number of pyridine rings is 1. The van der Waals surface area contributed by atoms with Gasteiger partial charge in [0.1, 0.15) is 5.75 Å². The molecule has 1 heterocycles. The van der Waals surface area contributed by atoms with Crippen LogP contribution in [0.3, 0.4) is 0 Å². The highest BCUT2D eigenvalue weighted by Crippen LogP contribution is 2.37. The molecular weight excluding hydrogens is 260 g/mol. The highest BCUT2D eigenvalue weighted by atomic mass is 16.5. The first kappa shape index (κ1) is 16.3. The molecule has 1 aromatic heterocycles. The zero-order valence-corrected chi connectivity index (χ0v) is 13.9. The van der Waals surface area contributed by atoms with Crippen molar-refractivity contribution in [3.8, 4) is 5.75 Å². The van der Waals surface area contributed by atoms with Gasteiger partial charge in [0.15, 0.2) is 0 Å². The van der Waals surface area contributed by atoms with E-state index in [0.29, 0.717) is 12.0 Å². The maximum Gasteiger partial charge on any atom is 0.138 e. The van der Waals surface area contributed by atoms with Crippen molar-refractivity contribution in [2.75, 3.05) is 6.54 Å². The monoisotopic (exact) mass is 290 g/mol. The van der Waals surface area contributed by atoms with E-state index in [1.165, 1.54) is 31.2 Å². The van der Waals surface area contributed by atoms with Gasteiger partial charge in [0.25, 0.3) is 0 Å². The number of rotatable bonds is 6. The molecule has 1 saturated carbocycles. The average Bonchev–Trinajstić information content (AvgIpc) is 2.44. The van der Waals surface area contributed by atoms with Crippen molar-refractivity contribution < 1.29 is 4.74 Å². The lowest BCUT2D eigenvalue weighted by Gasteiger charge is -2.34. The molecule has 21 heavy (non-hydrogen) atoms. The smallest absolute Gasteiger partial charge is 0.138 e. The third-order valence-corrected chi connectivity index (χ3v) is 4.34. The van der Waals surface area contributed by atoms with E-state index in [2.05, 4.69) is 44.1 Å². The molecule has 3 unspecified atom stereocenters. The number of nitrogens with zero attached hydrogens (tertiary/aromatic N) is 1. The van der Waals surface area contributed by atoms with Gasteiger partial charge in [-0.1, -0.05) is 26.7 Å². The van der Waals surface area contributed by atoms with Crippen LogP contribution in [-0.4, -0.2) is 17.6 Å². The second-order valence-electron chi connectivity index (χ2n) is 6.69. The molecule has 0 spiro atoms. The third-order valence-electron chi connectivity index (χ3n) is 4.34. The van der Waals surface area contributed by atoms with Gasteiger partial charge in [-0.15, -0.1) is 0 Å². The van der Waals surface area contributed by atoms with Gasteiger partial charge in [-0.05, 0) is 56.7 Å². The number of nitrogens with one attached hydrogen (secondary N) is 1. The fraction of sp³-hybridized carbons (Fsp3) is 0.722. The first-order valence-corrected chi connectivity index (χ1v) is 8.45. The summed E-state index contributed by atoms with van der Waals surface area (Å²) in [4.78, 5) is 4.39. The van der Waals surface area contributed by atoms with Crippen LogP contribution in [0.5, 0.6) is 5.75 Å². The minimum atomic E-state index is 0.189. The highest BCUT2D eigenvalue weighted by molar-refractivity contribution is 5.27. The van der Waals surface area contributed by atoms with Crippen LogP contribution < -0.4 is 10.1 Å². The first-order chi connectivity index (χ1) is 10.1. The molecule has 0 aromatic carbocycles. The molecule has 0 radical (unpaired) electrons. The van der Waals surface area contributed by atoms with E-state index in [4.69, 9.17) is 4.74 Å². The Morgan fingerprint density at radius 1 is 1.33 bits per heavy atom. The van der Waals surface area contributed by atoms with Crippen molar-refractivity contribution in [3.05, 3.63) is 24.0 Å². The molecule has 0 saturated heterocycles. The van der Waals surface area contributed by atoms with Crippen molar-refractivity contribution in [2.45, 2.75) is 65.5 Å². The lowest BCUT2D eigenvalue weighted by Crippen LogP contribution is -2.31. The quantitative estimate of drug-likeness (QED) is 0.846. The van der Waals surface area contributed by atoms with Crippen LogP contribution >= 0.6 is 0 Å². The number of aromatic nitrogens is 1. The van der Waals surface area contributed by atoms with Crippen LogP contribution in [0.2, 0.25) is 0 Å². The Balaban J connectivity index is 2.16. The predicted molar refractivity (Wildman–Crippen MR) is 87.5 cm³/mol. The number of hydrogen-bond donors (Lipinski definition) is 1. The molecule has 3 nitrogen and oxygen atoms in total. The van der Waals surface area contributed by atoms with E-state index < -0.39 is 0 Å². The average molecular weight is 290 g/mol. The third kappa shape index (κ3) is 4.70. The van der Waals surface area contributed by atoms with Crippen LogP contribution in [-0.2, 0) is 0 Å². The molecule has 3 heteroatoms. The maximum atomic E-state index is 5.80. The summed E-state index contributed by atoms with van der Waals surface area (Å²) in [5, 5.41) is 3.67. The molecule has 1 N–H and O–H groups in total. The summed E-state index contributed by atoms with van der Waals surface area (Å²) in [5.74, 6) is 2.44. The summed E-state index contributed by atoms with van der Waals surface area (Å²) in [5.41, 5.74) is 1.27. The molecular formula is C18H30N2O. The normalized spacial score (nSPS) is 24.0. The Morgan fingerprint density at radius 3 is 2.81 bits per heavy atom. The van der Waals surface area contributed by atoms with E-state index in [1.54, 1.807) is 0 Å². The molecule has 0 aliphatic heterocycles. The van der Waals surface area contributed by atoms with Gasteiger partial charge in [0.05, 0.1) is 12.3 Å². The fourth-order valence-electron chi connectivity index (χ4n) is 3.50. The Labute approximate surface area is 129 Å². The van der Waals surface area contributed by atoms with Crippen LogP contribution in [0, 0.1) is 11.8 Å². The highest BCUT2D eigenvalue weighted by Gasteiger charge is 2.27. The van der Waals surface area contributed by atoms with Crippen molar-refractivity contribution in [1.29, 1.82) is 0 Å². The van der Waals surface area contributed by atoms with Crippen molar-refractivity contribution in [1.82, 2.24) is 10.3 Å². The minimum Gasteiger partial charge on any atom is -0.489 e. The standard InChI is InChI=1S/C18H30N2O/c1-5-20-18(15-8-6-7-14(4)9-15)16-10-17(12-19-11-16)21-13(2)3/h10-15,18,20H,5-9H2,1-4H3. The van der Waals surface area contributed by atoms with Crippen molar-refractivity contribution >= 4 is 0 Å². The van der Waals surface area contributed by atoms with E-state index in [-0.39, 0.29) is 6.10 Å². The second-order valence-corrected chi connectivity index (χ2v) is 6.69. The molecule has 1 aliphatic rings. The van der Waals surface area contributed by atoms with Gasteiger partial charge in [-0.2, -0.15) is 0 Å². The van der Waals surface area contributed by atoms with Crippen LogP contribution in [0.15, 0.2) is 18.5 Å². The fourth-order valence-corrected chi connectivity index (χ4v) is 3.50. The molecule has 0 bridgehead atoms. The van der Waals surface area contributed by atoms with E-state index in [0.717, 1.165) is 18.2 Å². The van der Waals surface area contributed by atoms with Gasteiger partial charge in [-0.25, -0.2) is 0 Å². The lowest BCUT2D eigenvalue weighted by molar-refractivity contribution is 0.222. The predicted octanol–water partition coefficient (Wildman–Crippen LogP) is 4.35.